The van der Waals surface area contributed by atoms with Gasteiger partial charge in [0.25, 0.3) is 0 Å². The Morgan fingerprint density at radius 1 is 1.10 bits per heavy atom. The molecule has 0 amide bonds. The Labute approximate surface area is 129 Å². The monoisotopic (exact) mass is 312 g/mol. The number of hydrogen-bond donors (Lipinski definition) is 0. The van der Waals surface area contributed by atoms with Crippen LogP contribution in [0.5, 0.6) is 0 Å². The van der Waals surface area contributed by atoms with E-state index in [0.717, 1.165) is 18.6 Å². The molecule has 0 bridgehead atoms. The highest BCUT2D eigenvalue weighted by atomic mass is 28.4. The molecule has 21 heavy (non-hydrogen) atoms. The van der Waals surface area contributed by atoms with E-state index >= 15 is 0 Å². The minimum atomic E-state index is -3.20. The first-order chi connectivity index (χ1) is 9.58. The van der Waals surface area contributed by atoms with Gasteiger partial charge in [0.15, 0.2) is 0 Å². The van der Waals surface area contributed by atoms with Crippen LogP contribution in [-0.4, -0.2) is 20.5 Å². The minimum absolute atomic E-state index is 0.0392. The van der Waals surface area contributed by atoms with Gasteiger partial charge in [0.05, 0.1) is 0 Å². The third-order valence-electron chi connectivity index (χ3n) is 4.44. The molecule has 0 aromatic carbocycles. The highest BCUT2D eigenvalue weighted by molar-refractivity contribution is 6.75. The fourth-order valence-electron chi connectivity index (χ4n) is 2.17. The molecule has 0 aliphatic heterocycles. The average molecular weight is 312 g/mol. The Balaban J connectivity index is 6.06. The third kappa shape index (κ3) is 4.06. The summed E-state index contributed by atoms with van der Waals surface area (Å²) >= 11 is 0. The molecule has 4 nitrogen and oxygen atoms in total. The predicted octanol–water partition coefficient (Wildman–Crippen LogP) is 4.12. The maximum absolute atomic E-state index is 11.9. The summed E-state index contributed by atoms with van der Waals surface area (Å²) in [5.41, 5.74) is -0.0392. The topological polar surface area (TPSA) is 52.6 Å². The van der Waals surface area contributed by atoms with Gasteiger partial charge in [-0.1, -0.05) is 54.7 Å². The van der Waals surface area contributed by atoms with E-state index in [-0.39, 0.29) is 11.5 Å². The van der Waals surface area contributed by atoms with Crippen molar-refractivity contribution in [2.24, 2.45) is 5.92 Å². The first-order valence-electron chi connectivity index (χ1n) is 7.29. The highest BCUT2D eigenvalue weighted by Crippen LogP contribution is 2.51. The molecule has 1 atom stereocenters. The Morgan fingerprint density at radius 3 is 1.71 bits per heavy atom. The Bertz CT molecular complexity index is 391. The second kappa shape index (κ2) is 7.59. The molecule has 1 unspecified atom stereocenters. The summed E-state index contributed by atoms with van der Waals surface area (Å²) < 4.78 is 11.5. The highest BCUT2D eigenvalue weighted by Gasteiger charge is 2.62. The van der Waals surface area contributed by atoms with Gasteiger partial charge in [0.1, 0.15) is 0 Å². The van der Waals surface area contributed by atoms with Crippen LogP contribution >= 0.6 is 0 Å². The first-order valence-corrected chi connectivity index (χ1v) is 9.19. The number of carbonyl (C=O) groups is 2. The summed E-state index contributed by atoms with van der Waals surface area (Å²) in [5.74, 6) is -0.923. The summed E-state index contributed by atoms with van der Waals surface area (Å²) in [7, 11) is -3.20. The fourth-order valence-corrected chi connectivity index (χ4v) is 6.52. The zero-order chi connectivity index (χ0) is 16.8. The van der Waals surface area contributed by atoms with E-state index < -0.39 is 25.5 Å². The van der Waals surface area contributed by atoms with Crippen molar-refractivity contribution in [3.8, 4) is 0 Å². The van der Waals surface area contributed by atoms with Crippen LogP contribution in [0.25, 0.3) is 0 Å². The van der Waals surface area contributed by atoms with E-state index in [1.807, 2.05) is 41.5 Å². The Kier molecular flexibility index (Phi) is 7.10. The summed E-state index contributed by atoms with van der Waals surface area (Å²) in [6, 6.07) is 0. The minimum Gasteiger partial charge on any atom is -0.481 e. The lowest BCUT2D eigenvalue weighted by molar-refractivity contribution is -0.137. The molecule has 0 spiro atoms. The van der Waals surface area contributed by atoms with Crippen molar-refractivity contribution in [3.05, 3.63) is 25.3 Å². The van der Waals surface area contributed by atoms with Crippen LogP contribution in [0.1, 0.15) is 48.0 Å². The molecule has 0 saturated heterocycles. The Hall–Kier alpha value is -1.36. The quantitative estimate of drug-likeness (QED) is 0.499. The van der Waals surface area contributed by atoms with Crippen molar-refractivity contribution in [1.82, 2.24) is 0 Å². The lowest BCUT2D eigenvalue weighted by Gasteiger charge is -2.46. The molecule has 0 aromatic heterocycles. The molecule has 0 aliphatic rings. The predicted molar refractivity (Wildman–Crippen MR) is 86.9 cm³/mol. The van der Waals surface area contributed by atoms with Gasteiger partial charge in [-0.25, -0.2) is 9.59 Å². The molecule has 0 saturated carbocycles. The van der Waals surface area contributed by atoms with Crippen molar-refractivity contribution in [2.45, 2.75) is 58.5 Å². The molecule has 0 radical (unpaired) electrons. The van der Waals surface area contributed by atoms with Gasteiger partial charge in [-0.3, -0.25) is 0 Å². The average Bonchev–Trinajstić information content (AvgIpc) is 2.44. The molecule has 120 valence electrons. The maximum atomic E-state index is 11.9. The molecule has 5 heteroatoms. The van der Waals surface area contributed by atoms with Crippen LogP contribution in [0.3, 0.4) is 0 Å². The summed E-state index contributed by atoms with van der Waals surface area (Å²) in [4.78, 5) is 23.7. The van der Waals surface area contributed by atoms with Crippen LogP contribution in [0.4, 0.5) is 0 Å². The first kappa shape index (κ1) is 19.6. The number of carbonyl (C=O) groups excluding carboxylic acids is 2. The fraction of sp³-hybridized carbons (Fsp3) is 0.625. The van der Waals surface area contributed by atoms with Crippen molar-refractivity contribution in [3.63, 3.8) is 0 Å². The van der Waals surface area contributed by atoms with Gasteiger partial charge >= 0.3 is 20.5 Å². The van der Waals surface area contributed by atoms with E-state index in [4.69, 9.17) is 8.85 Å². The largest absolute Gasteiger partial charge is 0.481 e. The molecular weight excluding hydrogens is 284 g/mol. The van der Waals surface area contributed by atoms with Crippen LogP contribution in [0.15, 0.2) is 25.3 Å². The van der Waals surface area contributed by atoms with Gasteiger partial charge in [-0.2, -0.15) is 0 Å². The number of hydrogen-bond acceptors (Lipinski definition) is 4. The molecule has 0 heterocycles. The van der Waals surface area contributed by atoms with Crippen molar-refractivity contribution < 1.29 is 18.4 Å². The van der Waals surface area contributed by atoms with Crippen LogP contribution < -0.4 is 0 Å². The standard InChI is InChI=1S/C16H28O4Si/c1-9-13(6)21(19-14(17)10-2,20-15(18)11-3)16(7,8)12(4)5/h10-13H,2-3,9H2,1,4-8H3. The van der Waals surface area contributed by atoms with E-state index in [1.54, 1.807) is 0 Å². The van der Waals surface area contributed by atoms with Crippen LogP contribution in [0.2, 0.25) is 10.6 Å². The molecular formula is C16H28O4Si. The van der Waals surface area contributed by atoms with Gasteiger partial charge in [0, 0.05) is 22.7 Å². The SMILES string of the molecule is C=CC(=O)O[Si](OC(=O)C=C)(C(C)CC)C(C)(C)C(C)C. The smallest absolute Gasteiger partial charge is 0.473 e. The van der Waals surface area contributed by atoms with Crippen molar-refractivity contribution in [2.75, 3.05) is 0 Å². The third-order valence-corrected chi connectivity index (χ3v) is 9.53. The lowest BCUT2D eigenvalue weighted by atomic mass is 9.99. The Morgan fingerprint density at radius 2 is 1.48 bits per heavy atom. The van der Waals surface area contributed by atoms with E-state index in [1.165, 1.54) is 0 Å². The lowest BCUT2D eigenvalue weighted by Crippen LogP contribution is -2.58. The van der Waals surface area contributed by atoms with Crippen molar-refractivity contribution >= 4 is 20.5 Å². The van der Waals surface area contributed by atoms with Gasteiger partial charge in [-0.15, -0.1) is 0 Å². The molecule has 0 rings (SSSR count). The van der Waals surface area contributed by atoms with E-state index in [0.29, 0.717) is 0 Å². The molecule has 0 N–H and O–H groups in total. The van der Waals surface area contributed by atoms with Gasteiger partial charge < -0.3 is 8.85 Å². The normalized spacial score (nSPS) is 13.5. The second-order valence-electron chi connectivity index (χ2n) is 6.10. The van der Waals surface area contributed by atoms with Crippen LogP contribution in [-0.2, 0) is 18.4 Å². The van der Waals surface area contributed by atoms with Crippen LogP contribution in [0, 0.1) is 5.92 Å². The number of rotatable bonds is 8. The molecule has 0 fully saturated rings. The summed E-state index contributed by atoms with van der Waals surface area (Å²) in [6.45, 7) is 18.9. The zero-order valence-corrected chi connectivity index (χ0v) is 15.1. The van der Waals surface area contributed by atoms with Gasteiger partial charge in [-0.05, 0) is 12.3 Å². The summed E-state index contributed by atoms with van der Waals surface area (Å²) in [5, 5.41) is -0.445. The van der Waals surface area contributed by atoms with Gasteiger partial charge in [0.2, 0.25) is 0 Å². The zero-order valence-electron chi connectivity index (χ0n) is 14.1. The van der Waals surface area contributed by atoms with Crippen molar-refractivity contribution in [1.29, 1.82) is 0 Å². The molecule has 0 aromatic rings. The van der Waals surface area contributed by atoms with E-state index in [2.05, 4.69) is 13.2 Å². The summed E-state index contributed by atoms with van der Waals surface area (Å²) in [6.07, 6.45) is 2.97. The molecule has 0 aliphatic carbocycles. The van der Waals surface area contributed by atoms with E-state index in [9.17, 15) is 9.59 Å². The second-order valence-corrected chi connectivity index (χ2v) is 10.1. The maximum Gasteiger partial charge on any atom is 0.473 e.